The molecule has 1 amide bonds. The molecule has 0 bridgehead atoms. The van der Waals surface area contributed by atoms with Crippen LogP contribution in [0.4, 0.5) is 5.13 Å². The van der Waals surface area contributed by atoms with Crippen LogP contribution in [0.1, 0.15) is 15.9 Å². The van der Waals surface area contributed by atoms with Crippen LogP contribution in [0.15, 0.2) is 48.9 Å². The number of fused-ring (bicyclic) bond motifs is 1. The van der Waals surface area contributed by atoms with Crippen molar-refractivity contribution in [2.24, 2.45) is 0 Å². The number of hydrogen-bond donors (Lipinski definition) is 2. The summed E-state index contributed by atoms with van der Waals surface area (Å²) in [7, 11) is 1.60. The number of aromatic nitrogens is 2. The number of carbonyl (C=O) groups is 1. The molecule has 0 saturated heterocycles. The molecule has 2 N–H and O–H groups in total. The fourth-order valence-corrected chi connectivity index (χ4v) is 8.60. The molecule has 0 unspecified atom stereocenters. The van der Waals surface area contributed by atoms with Gasteiger partial charge in [0, 0.05) is 0 Å². The van der Waals surface area contributed by atoms with Crippen LogP contribution < -0.4 is 19.2 Å². The zero-order chi connectivity index (χ0) is 21.3. The Bertz CT molecular complexity index is 1170. The molecule has 0 fully saturated rings. The van der Waals surface area contributed by atoms with Gasteiger partial charge in [0.15, 0.2) is 0 Å². The van der Waals surface area contributed by atoms with Crippen molar-refractivity contribution in [2.75, 3.05) is 12.4 Å². The van der Waals surface area contributed by atoms with E-state index >= 15 is 0 Å². The van der Waals surface area contributed by atoms with Gasteiger partial charge in [-0.3, -0.25) is 0 Å². The number of hydroxylamine groups is 1. The van der Waals surface area contributed by atoms with Crippen molar-refractivity contribution in [3.05, 3.63) is 60.0 Å². The third-order valence-corrected chi connectivity index (χ3v) is 10.6. The third kappa shape index (κ3) is 4.01. The predicted octanol–water partition coefficient (Wildman–Crippen LogP) is 3.89. The molecule has 9 heteroatoms. The van der Waals surface area contributed by atoms with Gasteiger partial charge in [-0.1, -0.05) is 0 Å². The van der Waals surface area contributed by atoms with Gasteiger partial charge in [-0.2, -0.15) is 0 Å². The van der Waals surface area contributed by atoms with Crippen LogP contribution in [-0.2, 0) is 4.84 Å². The van der Waals surface area contributed by atoms with Gasteiger partial charge in [0.2, 0.25) is 0 Å². The van der Waals surface area contributed by atoms with Gasteiger partial charge >= 0.3 is 183 Å². The van der Waals surface area contributed by atoms with Gasteiger partial charge in [0.25, 0.3) is 0 Å². The number of thiazole rings is 1. The summed E-state index contributed by atoms with van der Waals surface area (Å²) >= 11 is -1.23. The Labute approximate surface area is 182 Å². The molecule has 0 spiro atoms. The molecule has 7 nitrogen and oxygen atoms in total. The van der Waals surface area contributed by atoms with Crippen molar-refractivity contribution in [1.82, 2.24) is 15.4 Å². The van der Waals surface area contributed by atoms with Crippen molar-refractivity contribution in [3.63, 3.8) is 0 Å². The number of hydrogen-bond acceptors (Lipinski definition) is 7. The summed E-state index contributed by atoms with van der Waals surface area (Å²) < 4.78 is 7.60. The van der Waals surface area contributed by atoms with Crippen LogP contribution in [0, 0.1) is 0 Å². The molecule has 0 saturated carbocycles. The zero-order valence-electron chi connectivity index (χ0n) is 17.1. The number of benzene rings is 1. The summed E-state index contributed by atoms with van der Waals surface area (Å²) in [5, 5.41) is 3.42. The van der Waals surface area contributed by atoms with E-state index in [1.165, 1.54) is 11.3 Å². The molecule has 2 aromatic heterocycles. The summed E-state index contributed by atoms with van der Waals surface area (Å²) in [6.45, 7) is 0. The van der Waals surface area contributed by atoms with E-state index < -0.39 is 18.4 Å². The summed E-state index contributed by atoms with van der Waals surface area (Å²) in [4.78, 5) is 34.2. The van der Waals surface area contributed by atoms with Crippen LogP contribution >= 0.6 is 11.3 Å². The summed E-state index contributed by atoms with van der Waals surface area (Å²) in [5.74, 6) is 0.279. The number of ether oxygens (including phenoxy) is 1. The summed E-state index contributed by atoms with van der Waals surface area (Å²) in [6, 6.07) is 9.08. The van der Waals surface area contributed by atoms with Crippen molar-refractivity contribution in [1.29, 1.82) is 0 Å². The van der Waals surface area contributed by atoms with Crippen LogP contribution in [0.25, 0.3) is 15.8 Å². The number of methoxy groups -OCH3 is 1. The number of nitrogens with one attached hydrogen (secondary N) is 2. The molecular formula is C21H22N4O3SSn. The minimum atomic E-state index is -2.66. The Balaban J connectivity index is 1.88. The Morgan fingerprint density at radius 3 is 2.60 bits per heavy atom. The van der Waals surface area contributed by atoms with Crippen LogP contribution in [0.3, 0.4) is 0 Å². The normalized spacial score (nSPS) is 13.4. The second-order valence-electron chi connectivity index (χ2n) is 7.75. The number of amides is 1. The second kappa shape index (κ2) is 8.27. The zero-order valence-corrected chi connectivity index (χ0v) is 20.8. The molecule has 1 aliphatic heterocycles. The first-order valence-corrected chi connectivity index (χ1v) is 20.2. The predicted molar refractivity (Wildman–Crippen MR) is 123 cm³/mol. The van der Waals surface area contributed by atoms with E-state index in [1.54, 1.807) is 25.5 Å². The van der Waals surface area contributed by atoms with E-state index in [1.807, 2.05) is 30.5 Å². The molecule has 1 aliphatic rings. The second-order valence-corrected chi connectivity index (χ2v) is 22.9. The first-order chi connectivity index (χ1) is 14.4. The molecule has 30 heavy (non-hydrogen) atoms. The van der Waals surface area contributed by atoms with Gasteiger partial charge in [-0.25, -0.2) is 0 Å². The standard InChI is InChI=1S/C18H13N4O3S.3CH3.Sn/c1-24-17-14-15(13(10-19-17)12-7-8-25-20-9-12)26-18(21-14)22-16(23)11-5-3-2-4-6-11;;;;/h2-9,20H,1H3,(H,21,22,23);3*1H3;. The molecule has 4 rings (SSSR count). The Hall–Kier alpha value is -2.59. The quantitative estimate of drug-likeness (QED) is 0.489. The first kappa shape index (κ1) is 20.7. The van der Waals surface area contributed by atoms with Crippen molar-refractivity contribution in [2.45, 2.75) is 14.8 Å². The maximum absolute atomic E-state index is 12.6. The van der Waals surface area contributed by atoms with Gasteiger partial charge in [-0.05, 0) is 0 Å². The number of anilines is 1. The van der Waals surface area contributed by atoms with E-state index in [0.717, 1.165) is 19.5 Å². The number of carbonyl (C=O) groups excluding carboxylic acids is 1. The molecular weight excluding hydrogens is 507 g/mol. The van der Waals surface area contributed by atoms with Crippen LogP contribution in [0.2, 0.25) is 14.8 Å². The summed E-state index contributed by atoms with van der Waals surface area (Å²) in [6.07, 6.45) is 5.32. The van der Waals surface area contributed by atoms with E-state index in [9.17, 15) is 4.79 Å². The number of allylic oxidation sites excluding steroid dienone is 2. The molecule has 154 valence electrons. The average Bonchev–Trinajstić information content (AvgIpc) is 3.16. The maximum atomic E-state index is 12.6. The van der Waals surface area contributed by atoms with Gasteiger partial charge < -0.3 is 0 Å². The number of nitrogens with zero attached hydrogens (tertiary/aromatic N) is 2. The Morgan fingerprint density at radius 2 is 1.97 bits per heavy atom. The molecule has 0 radical (unpaired) electrons. The van der Waals surface area contributed by atoms with Crippen molar-refractivity contribution >= 4 is 60.3 Å². The first-order valence-electron chi connectivity index (χ1n) is 9.42. The van der Waals surface area contributed by atoms with E-state index in [0.29, 0.717) is 22.1 Å². The topological polar surface area (TPSA) is 85.4 Å². The molecule has 0 atom stereocenters. The number of pyridine rings is 1. The van der Waals surface area contributed by atoms with Crippen molar-refractivity contribution < 1.29 is 14.4 Å². The van der Waals surface area contributed by atoms with E-state index in [-0.39, 0.29) is 5.91 Å². The molecule has 0 aliphatic carbocycles. The van der Waals surface area contributed by atoms with Gasteiger partial charge in [-0.15, -0.1) is 0 Å². The van der Waals surface area contributed by atoms with E-state index in [2.05, 4.69) is 30.6 Å². The molecule has 3 heterocycles. The molecule has 1 aromatic carbocycles. The Morgan fingerprint density at radius 1 is 1.20 bits per heavy atom. The third-order valence-electron chi connectivity index (χ3n) is 4.55. The fraction of sp³-hybridized carbons (Fsp3) is 0.190. The number of rotatable bonds is 5. The van der Waals surface area contributed by atoms with Gasteiger partial charge in [0.1, 0.15) is 0 Å². The van der Waals surface area contributed by atoms with Crippen LogP contribution in [-0.4, -0.2) is 41.4 Å². The van der Waals surface area contributed by atoms with E-state index in [4.69, 9.17) is 14.6 Å². The summed E-state index contributed by atoms with van der Waals surface area (Å²) in [5.41, 5.74) is 6.00. The Kier molecular flexibility index (Phi) is 5.70. The van der Waals surface area contributed by atoms with Crippen molar-refractivity contribution in [3.8, 4) is 5.88 Å². The monoisotopic (exact) mass is 530 g/mol. The fourth-order valence-electron chi connectivity index (χ4n) is 3.17. The minimum absolute atomic E-state index is 0.204. The van der Waals surface area contributed by atoms with Crippen LogP contribution in [0.5, 0.6) is 5.88 Å². The van der Waals surface area contributed by atoms with Gasteiger partial charge in [0.05, 0.1) is 0 Å². The SMILES string of the molecule is COc1n[c]([Sn]([CH3])([CH3])[CH3])c(C2=CNOC=C2)c2sc(NC(=O)c3ccccc3)nc12. The average molecular weight is 529 g/mol. The molecule has 3 aromatic rings.